The molecule has 0 radical (unpaired) electrons. The number of piperazine rings is 1. The number of amides is 4. The highest BCUT2D eigenvalue weighted by molar-refractivity contribution is 6.33. The molecule has 3 aromatic rings. The van der Waals surface area contributed by atoms with Gasteiger partial charge in [0.15, 0.2) is 0 Å². The third-order valence-electron chi connectivity index (χ3n) is 13.3. The summed E-state index contributed by atoms with van der Waals surface area (Å²) in [6.07, 6.45) is 3.98. The molecule has 1 spiro atoms. The van der Waals surface area contributed by atoms with Crippen LogP contribution in [0.25, 0.3) is 4.85 Å². The molecule has 2 atom stereocenters. The van der Waals surface area contributed by atoms with Crippen molar-refractivity contribution in [2.45, 2.75) is 63.7 Å². The Kier molecular flexibility index (Phi) is 9.41. The molecule has 13 heteroatoms. The first-order chi connectivity index (χ1) is 27.1. The molecule has 290 valence electrons. The molecule has 0 aromatic heterocycles. The average molecular weight is 775 g/mol. The molecule has 12 nitrogen and oxygen atoms in total. The molecule has 1 unspecified atom stereocenters. The highest BCUT2D eigenvalue weighted by Crippen LogP contribution is 2.46. The summed E-state index contributed by atoms with van der Waals surface area (Å²) in [5.74, 6) is -0.740. The van der Waals surface area contributed by atoms with E-state index in [1.807, 2.05) is 47.4 Å². The molecule has 0 aliphatic carbocycles. The zero-order valence-electron chi connectivity index (χ0n) is 31.8. The molecule has 0 saturated carbocycles. The normalized spacial score (nSPS) is 24.0. The second kappa shape index (κ2) is 14.4. The van der Waals surface area contributed by atoms with Gasteiger partial charge < -0.3 is 24.5 Å². The van der Waals surface area contributed by atoms with Crippen LogP contribution in [0.1, 0.15) is 65.3 Å². The number of hydrogen-bond donors (Lipinski definition) is 1. The third kappa shape index (κ3) is 6.64. The number of halogens is 1. The zero-order valence-corrected chi connectivity index (χ0v) is 32.5. The Bertz CT molecular complexity index is 2110. The van der Waals surface area contributed by atoms with Gasteiger partial charge in [-0.1, -0.05) is 23.7 Å². The minimum atomic E-state index is -0.610. The van der Waals surface area contributed by atoms with E-state index >= 15 is 0 Å². The number of fused-ring (bicyclic) bond motifs is 1. The van der Waals surface area contributed by atoms with Crippen molar-refractivity contribution in [3.05, 3.63) is 93.8 Å². The molecule has 56 heavy (non-hydrogen) atoms. The van der Waals surface area contributed by atoms with Gasteiger partial charge in [-0.25, -0.2) is 4.85 Å². The molecule has 5 saturated heterocycles. The van der Waals surface area contributed by atoms with E-state index in [0.29, 0.717) is 54.4 Å². The smallest absolute Gasteiger partial charge is 0.255 e. The van der Waals surface area contributed by atoms with E-state index in [1.165, 1.54) is 5.69 Å². The molecule has 9 rings (SSSR count). The van der Waals surface area contributed by atoms with Gasteiger partial charge in [-0.2, -0.15) is 0 Å². The van der Waals surface area contributed by atoms with E-state index < -0.39 is 11.9 Å². The van der Waals surface area contributed by atoms with Crippen molar-refractivity contribution in [1.82, 2.24) is 20.0 Å². The van der Waals surface area contributed by atoms with Gasteiger partial charge in [-0.05, 0) is 92.1 Å². The Balaban J connectivity index is 0.734. The van der Waals surface area contributed by atoms with Crippen LogP contribution in [-0.4, -0.2) is 115 Å². The summed E-state index contributed by atoms with van der Waals surface area (Å²) in [7, 11) is 0. The van der Waals surface area contributed by atoms with Crippen molar-refractivity contribution in [2.24, 2.45) is 5.41 Å². The van der Waals surface area contributed by atoms with Crippen LogP contribution in [0, 0.1) is 12.0 Å². The third-order valence-corrected chi connectivity index (χ3v) is 13.6. The molecule has 5 fully saturated rings. The van der Waals surface area contributed by atoms with Crippen molar-refractivity contribution >= 4 is 58.0 Å². The van der Waals surface area contributed by atoms with E-state index in [0.717, 1.165) is 87.6 Å². The first kappa shape index (κ1) is 36.5. The second-order valence-electron chi connectivity index (χ2n) is 16.6. The summed E-state index contributed by atoms with van der Waals surface area (Å²) in [6.45, 7) is 17.7. The number of carbonyl (C=O) groups is 4. The van der Waals surface area contributed by atoms with Crippen molar-refractivity contribution in [2.75, 3.05) is 73.6 Å². The van der Waals surface area contributed by atoms with Crippen molar-refractivity contribution in [1.29, 1.82) is 0 Å². The highest BCUT2D eigenvalue weighted by atomic mass is 35.5. The van der Waals surface area contributed by atoms with E-state index in [4.69, 9.17) is 18.2 Å². The molecule has 6 aliphatic heterocycles. The Morgan fingerprint density at radius 2 is 1.57 bits per heavy atom. The Hall–Kier alpha value is -5.12. The lowest BCUT2D eigenvalue weighted by atomic mass is 9.76. The number of carbonyl (C=O) groups excluding carboxylic acids is 4. The summed E-state index contributed by atoms with van der Waals surface area (Å²) >= 11 is 6.39. The van der Waals surface area contributed by atoms with Crippen LogP contribution in [0.15, 0.2) is 60.7 Å². The van der Waals surface area contributed by atoms with Crippen LogP contribution in [-0.2, 0) is 16.1 Å². The fourth-order valence-electron chi connectivity index (χ4n) is 9.96. The molecule has 4 amide bonds. The lowest BCUT2D eigenvalue weighted by molar-refractivity contribution is -0.136. The maximum absolute atomic E-state index is 13.6. The number of piperidine rings is 2. The molecule has 6 aliphatic rings. The summed E-state index contributed by atoms with van der Waals surface area (Å²) in [6, 6.07) is 20.2. The summed E-state index contributed by atoms with van der Waals surface area (Å²) in [4.78, 5) is 67.6. The predicted octanol–water partition coefficient (Wildman–Crippen LogP) is 5.18. The standard InChI is InChI=1S/C43H47ClN8O4/c1-28-23-43(27-52(28)33-9-10-37(45-2)36(44)22-33)13-15-47(16-14-43)31-6-3-29(4-7-31)41(55)49-19-17-48(18-20-49)34-25-50(26-34)32-8-5-30-24-51(42(56)35(30)21-32)38-11-12-39(53)46-40(38)54/h3-10,21-22,28,34,38H,11-20,23-27H2,1H3,(H,46,53,54)/t28-,38?/m0/s1. The zero-order chi connectivity index (χ0) is 38.7. The Morgan fingerprint density at radius 3 is 2.27 bits per heavy atom. The molecule has 6 heterocycles. The van der Waals surface area contributed by atoms with Crippen LogP contribution in [0.4, 0.5) is 22.7 Å². The minimum Gasteiger partial charge on any atom is -0.371 e. The van der Waals surface area contributed by atoms with E-state index in [1.54, 1.807) is 4.90 Å². The van der Waals surface area contributed by atoms with Crippen molar-refractivity contribution < 1.29 is 19.2 Å². The summed E-state index contributed by atoms with van der Waals surface area (Å²) in [5, 5.41) is 2.88. The van der Waals surface area contributed by atoms with Gasteiger partial charge in [0, 0.05) is 117 Å². The van der Waals surface area contributed by atoms with Gasteiger partial charge in [-0.15, -0.1) is 0 Å². The predicted molar refractivity (Wildman–Crippen MR) is 215 cm³/mol. The van der Waals surface area contributed by atoms with Crippen LogP contribution >= 0.6 is 11.6 Å². The summed E-state index contributed by atoms with van der Waals surface area (Å²) < 4.78 is 0. The van der Waals surface area contributed by atoms with Crippen LogP contribution in [0.3, 0.4) is 0 Å². The molecule has 3 aromatic carbocycles. The van der Waals surface area contributed by atoms with Crippen molar-refractivity contribution in [3.63, 3.8) is 0 Å². The lowest BCUT2D eigenvalue weighted by Crippen LogP contribution is -2.63. The quantitative estimate of drug-likeness (QED) is 0.270. The van der Waals surface area contributed by atoms with Crippen LogP contribution in [0.2, 0.25) is 5.02 Å². The lowest BCUT2D eigenvalue weighted by Gasteiger charge is -2.49. The Morgan fingerprint density at radius 1 is 0.857 bits per heavy atom. The first-order valence-electron chi connectivity index (χ1n) is 19.9. The highest BCUT2D eigenvalue weighted by Gasteiger charge is 2.45. The molecule has 1 N–H and O–H groups in total. The fourth-order valence-corrected chi connectivity index (χ4v) is 10.2. The first-order valence-corrected chi connectivity index (χ1v) is 20.3. The van der Waals surface area contributed by atoms with E-state index in [-0.39, 0.29) is 29.6 Å². The number of hydrogen-bond acceptors (Lipinski definition) is 8. The number of rotatable bonds is 6. The van der Waals surface area contributed by atoms with Gasteiger partial charge in [-0.3, -0.25) is 29.4 Å². The molecular weight excluding hydrogens is 728 g/mol. The van der Waals surface area contributed by atoms with Crippen LogP contribution in [0.5, 0.6) is 0 Å². The average Bonchev–Trinajstić information content (AvgIpc) is 3.69. The van der Waals surface area contributed by atoms with Gasteiger partial charge in [0.05, 0.1) is 6.57 Å². The fraction of sp³-hybridized carbons (Fsp3) is 0.465. The monoisotopic (exact) mass is 774 g/mol. The maximum Gasteiger partial charge on any atom is 0.255 e. The Labute approximate surface area is 332 Å². The maximum atomic E-state index is 13.6. The molecular formula is C43H47ClN8O4. The number of nitrogens with one attached hydrogen (secondary N) is 1. The second-order valence-corrected chi connectivity index (χ2v) is 17.0. The van der Waals surface area contributed by atoms with Gasteiger partial charge in [0.2, 0.25) is 17.5 Å². The number of anilines is 3. The number of nitrogens with zero attached hydrogens (tertiary/aromatic N) is 7. The number of benzene rings is 3. The van der Waals surface area contributed by atoms with Gasteiger partial charge in [0.25, 0.3) is 11.8 Å². The van der Waals surface area contributed by atoms with Gasteiger partial charge in [0.1, 0.15) is 6.04 Å². The minimum absolute atomic E-state index is 0.0859. The molecule has 0 bridgehead atoms. The SMILES string of the molecule is [C-]#[N+]c1ccc(N2CC3(CCN(c4ccc(C(=O)N5CCN(C6CN(c7ccc8c(c7)C(=O)N(C7CCC(=O)NC7=O)C8)C6)CC5)cc4)CC3)C[C@@H]2C)cc1Cl. The van der Waals surface area contributed by atoms with Gasteiger partial charge >= 0.3 is 0 Å². The van der Waals surface area contributed by atoms with E-state index in [2.05, 4.69) is 54.9 Å². The summed E-state index contributed by atoms with van der Waals surface area (Å²) in [5.41, 5.74) is 6.31. The largest absolute Gasteiger partial charge is 0.371 e. The van der Waals surface area contributed by atoms with E-state index in [9.17, 15) is 19.2 Å². The topological polar surface area (TPSA) is 104 Å². The van der Waals surface area contributed by atoms with Crippen LogP contribution < -0.4 is 20.0 Å². The number of imide groups is 1. The van der Waals surface area contributed by atoms with Crippen molar-refractivity contribution in [3.8, 4) is 0 Å².